The zero-order valence-corrected chi connectivity index (χ0v) is 3.94. The molecule has 4 heteroatoms. The minimum absolute atomic E-state index is 1.14. The molecule has 0 rings (SSSR count). The van der Waals surface area contributed by atoms with E-state index >= 15 is 0 Å². The Morgan fingerprint density at radius 1 is 1.00 bits per heavy atom. The Hall–Kier alpha value is -1.68. The lowest BCUT2D eigenvalue weighted by molar-refractivity contribution is 1.44. The van der Waals surface area contributed by atoms with Gasteiger partial charge < -0.3 is 0 Å². The fourth-order valence-electron chi connectivity index (χ4n) is 0.133. The zero-order valence-electron chi connectivity index (χ0n) is 3.94. The quantitative estimate of drug-likeness (QED) is 0.351. The fourth-order valence-corrected chi connectivity index (χ4v) is 0.133. The molecule has 0 amide bonds. The average molecular weight is 106 g/mol. The van der Waals surface area contributed by atoms with E-state index in [2.05, 4.69) is 9.98 Å². The molecule has 0 unspecified atom stereocenters. The van der Waals surface area contributed by atoms with Gasteiger partial charge in [-0.3, -0.25) is 0 Å². The van der Waals surface area contributed by atoms with Gasteiger partial charge in [0.2, 0.25) is 12.4 Å². The summed E-state index contributed by atoms with van der Waals surface area (Å²) in [4.78, 5) is 6.18. The van der Waals surface area contributed by atoms with E-state index in [0.29, 0.717) is 0 Å². The van der Waals surface area contributed by atoms with Gasteiger partial charge in [-0.1, -0.05) is 0 Å². The summed E-state index contributed by atoms with van der Waals surface area (Å²) >= 11 is 0. The Morgan fingerprint density at radius 2 is 1.38 bits per heavy atom. The molecule has 0 heterocycles. The molecule has 0 atom stereocenters. The normalized spacial score (nSPS) is 9.25. The van der Waals surface area contributed by atoms with Crippen molar-refractivity contribution in [1.82, 2.24) is 0 Å². The second-order valence-corrected chi connectivity index (χ2v) is 0.756. The molecular weight excluding hydrogens is 104 g/mol. The Balaban J connectivity index is 3.51. The van der Waals surface area contributed by atoms with Crippen molar-refractivity contribution in [2.75, 3.05) is 0 Å². The summed E-state index contributed by atoms with van der Waals surface area (Å²) in [6, 6.07) is 0. The molecule has 4 nitrogen and oxygen atoms in total. The van der Waals surface area contributed by atoms with E-state index in [-0.39, 0.29) is 0 Å². The first-order valence-electron chi connectivity index (χ1n) is 1.74. The molecule has 0 aliphatic rings. The van der Waals surface area contributed by atoms with Crippen LogP contribution in [0.15, 0.2) is 9.98 Å². The molecule has 0 bridgehead atoms. The van der Waals surface area contributed by atoms with Crippen LogP contribution in [0, 0.1) is 22.9 Å². The van der Waals surface area contributed by atoms with Crippen LogP contribution in [0.2, 0.25) is 0 Å². The Bertz CT molecular complexity index is 155. The van der Waals surface area contributed by atoms with Gasteiger partial charge in [-0.05, 0) is 0 Å². The van der Waals surface area contributed by atoms with E-state index in [4.69, 9.17) is 10.5 Å². The molecule has 0 aromatic rings. The number of hydrogen-bond donors (Lipinski definition) is 0. The standard InChI is InChI=1S/C4H2N4/c5-3-7-1-2-8-4-6/h1-2H. The number of hydrogen-bond acceptors (Lipinski definition) is 4. The number of rotatable bonds is 1. The van der Waals surface area contributed by atoms with Crippen molar-refractivity contribution in [3.05, 3.63) is 0 Å². The summed E-state index contributed by atoms with van der Waals surface area (Å²) in [6.07, 6.45) is 5.27. The predicted octanol–water partition coefficient (Wildman–Crippen LogP) is 0.0902. The maximum absolute atomic E-state index is 7.77. The third kappa shape index (κ3) is 4.32. The van der Waals surface area contributed by atoms with Gasteiger partial charge in [-0.25, -0.2) is 0 Å². The van der Waals surface area contributed by atoms with Gasteiger partial charge >= 0.3 is 0 Å². The van der Waals surface area contributed by atoms with Crippen LogP contribution < -0.4 is 0 Å². The highest BCUT2D eigenvalue weighted by Crippen LogP contribution is 1.55. The van der Waals surface area contributed by atoms with Crippen molar-refractivity contribution in [3.63, 3.8) is 0 Å². The molecule has 0 saturated carbocycles. The van der Waals surface area contributed by atoms with Gasteiger partial charge in [-0.15, -0.1) is 0 Å². The summed E-state index contributed by atoms with van der Waals surface area (Å²) in [6.45, 7) is 0. The molecule has 0 saturated heterocycles. The summed E-state index contributed by atoms with van der Waals surface area (Å²) in [5.41, 5.74) is 0. The van der Waals surface area contributed by atoms with E-state index in [1.807, 2.05) is 0 Å². The topological polar surface area (TPSA) is 72.3 Å². The largest absolute Gasteiger partial charge is 0.205 e. The van der Waals surface area contributed by atoms with Gasteiger partial charge in [0.05, 0.1) is 12.4 Å². The van der Waals surface area contributed by atoms with Crippen molar-refractivity contribution in [1.29, 1.82) is 10.5 Å². The molecule has 0 aliphatic carbocycles. The molecule has 0 fully saturated rings. The second kappa shape index (κ2) is 5.32. The molecule has 0 aromatic heterocycles. The van der Waals surface area contributed by atoms with Crippen LogP contribution in [-0.4, -0.2) is 12.4 Å². The molecular formula is C4H2N4. The fraction of sp³-hybridized carbons (Fsp3) is 0. The lowest BCUT2D eigenvalue weighted by Crippen LogP contribution is -1.69. The van der Waals surface area contributed by atoms with Gasteiger partial charge in [-0.2, -0.15) is 20.5 Å². The van der Waals surface area contributed by atoms with E-state index < -0.39 is 0 Å². The van der Waals surface area contributed by atoms with Crippen molar-refractivity contribution >= 4 is 12.4 Å². The SMILES string of the molecule is N#CN=CC=NC#N. The summed E-state index contributed by atoms with van der Waals surface area (Å²) in [5, 5.41) is 15.5. The molecule has 0 aromatic carbocycles. The maximum Gasteiger partial charge on any atom is 0.205 e. The molecule has 0 N–H and O–H groups in total. The van der Waals surface area contributed by atoms with Crippen LogP contribution in [0.4, 0.5) is 0 Å². The van der Waals surface area contributed by atoms with Crippen LogP contribution in [0.5, 0.6) is 0 Å². The Labute approximate surface area is 46.4 Å². The third-order valence-electron chi connectivity index (χ3n) is 0.331. The Morgan fingerprint density at radius 3 is 1.62 bits per heavy atom. The van der Waals surface area contributed by atoms with Crippen LogP contribution >= 0.6 is 0 Å². The molecule has 8 heavy (non-hydrogen) atoms. The van der Waals surface area contributed by atoms with E-state index in [1.165, 1.54) is 12.4 Å². The van der Waals surface area contributed by atoms with E-state index in [9.17, 15) is 0 Å². The highest BCUT2D eigenvalue weighted by atomic mass is 14.7. The van der Waals surface area contributed by atoms with Crippen molar-refractivity contribution < 1.29 is 0 Å². The number of nitrogens with zero attached hydrogens (tertiary/aromatic N) is 4. The predicted molar refractivity (Wildman–Crippen MR) is 28.2 cm³/mol. The lowest BCUT2D eigenvalue weighted by Gasteiger charge is -1.59. The maximum atomic E-state index is 7.77. The van der Waals surface area contributed by atoms with Crippen LogP contribution in [0.25, 0.3) is 0 Å². The highest BCUT2D eigenvalue weighted by molar-refractivity contribution is 6.16. The van der Waals surface area contributed by atoms with Crippen LogP contribution in [0.1, 0.15) is 0 Å². The van der Waals surface area contributed by atoms with Gasteiger partial charge in [0.1, 0.15) is 0 Å². The van der Waals surface area contributed by atoms with Crippen LogP contribution in [-0.2, 0) is 0 Å². The molecule has 0 aliphatic heterocycles. The minimum atomic E-state index is 1.14. The van der Waals surface area contributed by atoms with Gasteiger partial charge in [0, 0.05) is 0 Å². The van der Waals surface area contributed by atoms with Crippen LogP contribution in [0.3, 0.4) is 0 Å². The third-order valence-corrected chi connectivity index (χ3v) is 0.331. The van der Waals surface area contributed by atoms with Crippen molar-refractivity contribution in [3.8, 4) is 12.4 Å². The first-order valence-corrected chi connectivity index (χ1v) is 1.74. The summed E-state index contributed by atoms with van der Waals surface area (Å²) < 4.78 is 0. The summed E-state index contributed by atoms with van der Waals surface area (Å²) in [7, 11) is 0. The number of nitriles is 2. The first kappa shape index (κ1) is 6.32. The zero-order chi connectivity index (χ0) is 6.24. The lowest BCUT2D eigenvalue weighted by atomic mass is 10.8. The van der Waals surface area contributed by atoms with Crippen molar-refractivity contribution in [2.45, 2.75) is 0 Å². The summed E-state index contributed by atoms with van der Waals surface area (Å²) in [5.74, 6) is 0. The minimum Gasteiger partial charge on any atom is -0.180 e. The van der Waals surface area contributed by atoms with Gasteiger partial charge in [0.25, 0.3) is 0 Å². The molecule has 38 valence electrons. The first-order chi connectivity index (χ1) is 3.91. The Kier molecular flexibility index (Phi) is 4.20. The van der Waals surface area contributed by atoms with Crippen molar-refractivity contribution in [2.24, 2.45) is 9.98 Å². The van der Waals surface area contributed by atoms with E-state index in [1.54, 1.807) is 0 Å². The van der Waals surface area contributed by atoms with Gasteiger partial charge in [0.15, 0.2) is 0 Å². The monoisotopic (exact) mass is 106 g/mol. The molecule has 0 spiro atoms. The molecule has 0 radical (unpaired) electrons. The average Bonchev–Trinajstić information content (AvgIpc) is 1.81. The number of aliphatic imine (C=N–C) groups is 2. The second-order valence-electron chi connectivity index (χ2n) is 0.756. The highest BCUT2D eigenvalue weighted by Gasteiger charge is 1.60. The smallest absolute Gasteiger partial charge is 0.180 e. The van der Waals surface area contributed by atoms with E-state index in [0.717, 1.165) is 12.4 Å².